The van der Waals surface area contributed by atoms with E-state index in [2.05, 4.69) is 27.8 Å². The molecular formula is C25H21ClFN7O. The van der Waals surface area contributed by atoms with Gasteiger partial charge >= 0.3 is 0 Å². The highest BCUT2D eigenvalue weighted by Gasteiger charge is 2.27. The van der Waals surface area contributed by atoms with Gasteiger partial charge in [-0.25, -0.2) is 4.39 Å². The Bertz CT molecular complexity index is 1560. The average Bonchev–Trinajstić information content (AvgIpc) is 3.24. The van der Waals surface area contributed by atoms with Gasteiger partial charge in [-0.1, -0.05) is 24.2 Å². The molecule has 3 N–H and O–H groups in total. The second-order valence-corrected chi connectivity index (χ2v) is 8.79. The van der Waals surface area contributed by atoms with E-state index in [1.807, 2.05) is 24.0 Å². The molecule has 35 heavy (non-hydrogen) atoms. The maximum Gasteiger partial charge on any atom is 0.246 e. The van der Waals surface area contributed by atoms with Crippen LogP contribution in [-0.4, -0.2) is 52.2 Å². The second kappa shape index (κ2) is 8.56. The van der Waals surface area contributed by atoms with Crippen LogP contribution in [0.4, 0.5) is 15.9 Å². The standard InChI is InChI=1S/C25H21ClFN7O/c1-3-18(35)33-6-8-34(9-7-33)24-14(11-28)12-30-23-15(24)10-16(26)20(22(23)27)19-13(2)4-5-17-21(19)25(29)32-31-17/h3-5,10,12H,1,6-9H2,2H3,(H3,29,31,32). The lowest BCUT2D eigenvalue weighted by molar-refractivity contribution is -0.126. The van der Waals surface area contributed by atoms with Crippen LogP contribution in [-0.2, 0) is 4.79 Å². The average molecular weight is 490 g/mol. The molecule has 2 aromatic heterocycles. The first kappa shape index (κ1) is 22.6. The Labute approximate surface area is 205 Å². The third-order valence-electron chi connectivity index (χ3n) is 6.44. The molecule has 5 rings (SSSR count). The molecule has 176 valence electrons. The summed E-state index contributed by atoms with van der Waals surface area (Å²) in [7, 11) is 0. The van der Waals surface area contributed by atoms with Gasteiger partial charge < -0.3 is 15.5 Å². The minimum Gasteiger partial charge on any atom is -0.382 e. The van der Waals surface area contributed by atoms with Crippen LogP contribution in [0.5, 0.6) is 0 Å². The number of fused-ring (bicyclic) bond motifs is 2. The number of hydrogen-bond acceptors (Lipinski definition) is 6. The van der Waals surface area contributed by atoms with Crippen molar-refractivity contribution in [1.82, 2.24) is 20.1 Å². The number of benzene rings is 2. The molecule has 0 spiro atoms. The summed E-state index contributed by atoms with van der Waals surface area (Å²) in [6.07, 6.45) is 2.66. The number of aromatic amines is 1. The molecule has 4 aromatic rings. The van der Waals surface area contributed by atoms with Crippen molar-refractivity contribution in [3.05, 3.63) is 59.0 Å². The van der Waals surface area contributed by atoms with Gasteiger partial charge in [0, 0.05) is 48.9 Å². The summed E-state index contributed by atoms with van der Waals surface area (Å²) in [6.45, 7) is 7.23. The molecule has 0 bridgehead atoms. The topological polar surface area (TPSA) is 115 Å². The summed E-state index contributed by atoms with van der Waals surface area (Å²) >= 11 is 6.72. The molecule has 10 heteroatoms. The van der Waals surface area contributed by atoms with Gasteiger partial charge in [0.15, 0.2) is 11.6 Å². The highest BCUT2D eigenvalue weighted by atomic mass is 35.5. The fraction of sp³-hybridized carbons (Fsp3) is 0.200. The zero-order chi connectivity index (χ0) is 24.9. The number of nitrogen functional groups attached to an aromatic ring is 1. The molecule has 1 saturated heterocycles. The van der Waals surface area contributed by atoms with Crippen molar-refractivity contribution in [2.24, 2.45) is 0 Å². The number of rotatable bonds is 3. The Balaban J connectivity index is 1.70. The molecule has 0 aliphatic carbocycles. The number of carbonyl (C=O) groups excluding carboxylic acids is 1. The highest BCUT2D eigenvalue weighted by Crippen LogP contribution is 2.43. The van der Waals surface area contributed by atoms with Gasteiger partial charge in [-0.15, -0.1) is 0 Å². The lowest BCUT2D eigenvalue weighted by atomic mass is 9.94. The Hall–Kier alpha value is -4.16. The van der Waals surface area contributed by atoms with Crippen molar-refractivity contribution >= 4 is 50.8 Å². The van der Waals surface area contributed by atoms with Crippen molar-refractivity contribution in [2.75, 3.05) is 36.8 Å². The number of halogens is 2. The van der Waals surface area contributed by atoms with Crippen LogP contribution in [0.25, 0.3) is 32.9 Å². The second-order valence-electron chi connectivity index (χ2n) is 8.38. The molecule has 1 fully saturated rings. The summed E-state index contributed by atoms with van der Waals surface area (Å²) in [5, 5.41) is 17.9. The van der Waals surface area contributed by atoms with E-state index in [1.54, 1.807) is 11.0 Å². The summed E-state index contributed by atoms with van der Waals surface area (Å²) < 4.78 is 16.2. The van der Waals surface area contributed by atoms with Gasteiger partial charge in [0.1, 0.15) is 11.6 Å². The molecule has 1 aliphatic rings. The number of H-pyrrole nitrogens is 1. The van der Waals surface area contributed by atoms with Gasteiger partial charge in [0.25, 0.3) is 0 Å². The van der Waals surface area contributed by atoms with Crippen LogP contribution < -0.4 is 10.6 Å². The number of aromatic nitrogens is 3. The number of nitrogens with one attached hydrogen (secondary N) is 1. The minimum atomic E-state index is -0.602. The fourth-order valence-corrected chi connectivity index (χ4v) is 5.03. The molecule has 8 nitrogen and oxygen atoms in total. The van der Waals surface area contributed by atoms with Gasteiger partial charge in [-0.2, -0.15) is 10.4 Å². The number of amides is 1. The quantitative estimate of drug-likeness (QED) is 0.417. The third kappa shape index (κ3) is 3.54. The number of nitrogens with zero attached hydrogens (tertiary/aromatic N) is 5. The number of hydrogen-bond donors (Lipinski definition) is 2. The summed E-state index contributed by atoms with van der Waals surface area (Å²) in [5.74, 6) is -0.504. The molecule has 2 aromatic carbocycles. The smallest absolute Gasteiger partial charge is 0.246 e. The molecule has 0 radical (unpaired) electrons. The monoisotopic (exact) mass is 489 g/mol. The van der Waals surface area contributed by atoms with Gasteiger partial charge in [-0.3, -0.25) is 14.9 Å². The molecule has 1 amide bonds. The van der Waals surface area contributed by atoms with E-state index < -0.39 is 5.82 Å². The highest BCUT2D eigenvalue weighted by molar-refractivity contribution is 6.35. The molecule has 0 atom stereocenters. The van der Waals surface area contributed by atoms with E-state index in [4.69, 9.17) is 17.3 Å². The Kier molecular flexibility index (Phi) is 5.53. The number of anilines is 2. The number of pyridine rings is 1. The number of piperazine rings is 1. The van der Waals surface area contributed by atoms with Gasteiger partial charge in [-0.05, 0) is 30.7 Å². The molecule has 0 saturated carbocycles. The van der Waals surface area contributed by atoms with Crippen LogP contribution in [0.2, 0.25) is 5.02 Å². The summed E-state index contributed by atoms with van der Waals surface area (Å²) in [4.78, 5) is 19.9. The van der Waals surface area contributed by atoms with Gasteiger partial charge in [0.05, 0.1) is 27.2 Å². The van der Waals surface area contributed by atoms with Crippen LogP contribution in [0.15, 0.2) is 37.1 Å². The Morgan fingerprint density at radius 3 is 2.74 bits per heavy atom. The SMILES string of the molecule is C=CC(=O)N1CCN(c2c(C#N)cnc3c(F)c(-c4c(C)ccc5[nH]nc(N)c45)c(Cl)cc23)CC1. The van der Waals surface area contributed by atoms with Crippen molar-refractivity contribution in [2.45, 2.75) is 6.92 Å². The Morgan fingerprint density at radius 1 is 1.31 bits per heavy atom. The van der Waals surface area contributed by atoms with Crippen molar-refractivity contribution in [3.63, 3.8) is 0 Å². The number of aryl methyl sites for hydroxylation is 1. The largest absolute Gasteiger partial charge is 0.382 e. The van der Waals surface area contributed by atoms with Crippen LogP contribution in [0.3, 0.4) is 0 Å². The number of carbonyl (C=O) groups is 1. The lowest BCUT2D eigenvalue weighted by Gasteiger charge is -2.36. The van der Waals surface area contributed by atoms with Crippen LogP contribution in [0, 0.1) is 24.1 Å². The van der Waals surface area contributed by atoms with Crippen molar-refractivity contribution in [3.8, 4) is 17.2 Å². The Morgan fingerprint density at radius 2 is 2.06 bits per heavy atom. The summed E-state index contributed by atoms with van der Waals surface area (Å²) in [6, 6.07) is 7.48. The maximum atomic E-state index is 16.2. The fourth-order valence-electron chi connectivity index (χ4n) is 4.75. The molecule has 1 aliphatic heterocycles. The maximum absolute atomic E-state index is 16.2. The molecule has 3 heterocycles. The lowest BCUT2D eigenvalue weighted by Crippen LogP contribution is -2.48. The first-order chi connectivity index (χ1) is 16.8. The van der Waals surface area contributed by atoms with E-state index in [9.17, 15) is 10.1 Å². The molecule has 0 unspecified atom stereocenters. The van der Waals surface area contributed by atoms with Crippen LogP contribution >= 0.6 is 11.6 Å². The molecular weight excluding hydrogens is 469 g/mol. The van der Waals surface area contributed by atoms with Crippen LogP contribution in [0.1, 0.15) is 11.1 Å². The normalized spacial score (nSPS) is 13.9. The van der Waals surface area contributed by atoms with E-state index in [-0.39, 0.29) is 27.8 Å². The van der Waals surface area contributed by atoms with E-state index in [1.165, 1.54) is 12.3 Å². The first-order valence-electron chi connectivity index (χ1n) is 11.0. The van der Waals surface area contributed by atoms with E-state index >= 15 is 4.39 Å². The predicted octanol–water partition coefficient (Wildman–Crippen LogP) is 4.17. The van der Waals surface area contributed by atoms with Crippen molar-refractivity contribution < 1.29 is 9.18 Å². The predicted molar refractivity (Wildman–Crippen MR) is 135 cm³/mol. The third-order valence-corrected chi connectivity index (χ3v) is 6.74. The van der Waals surface area contributed by atoms with E-state index in [0.29, 0.717) is 59.3 Å². The minimum absolute atomic E-state index is 0.0986. The van der Waals surface area contributed by atoms with Crippen molar-refractivity contribution in [1.29, 1.82) is 5.26 Å². The number of nitriles is 1. The summed E-state index contributed by atoms with van der Waals surface area (Å²) in [5.41, 5.74) is 9.22. The zero-order valence-corrected chi connectivity index (χ0v) is 19.7. The zero-order valence-electron chi connectivity index (χ0n) is 18.9. The first-order valence-corrected chi connectivity index (χ1v) is 11.3. The number of nitrogens with two attached hydrogens (primary N) is 1. The van der Waals surface area contributed by atoms with E-state index in [0.717, 1.165) is 5.56 Å². The van der Waals surface area contributed by atoms with Gasteiger partial charge in [0.2, 0.25) is 5.91 Å².